The van der Waals surface area contributed by atoms with Gasteiger partial charge in [0.2, 0.25) is 0 Å². The molecule has 5 heterocycles. The molecule has 0 amide bonds. The van der Waals surface area contributed by atoms with E-state index in [0.717, 1.165) is 12.8 Å². The van der Waals surface area contributed by atoms with Crippen LogP contribution in [0.5, 0.6) is 0 Å². The maximum absolute atomic E-state index is 6.88. The highest BCUT2D eigenvalue weighted by atomic mass is 35.5. The fourth-order valence-electron chi connectivity index (χ4n) is 11.9. The summed E-state index contributed by atoms with van der Waals surface area (Å²) in [5, 5.41) is 33.5. The van der Waals surface area contributed by atoms with Crippen molar-refractivity contribution in [3.8, 4) is 0 Å². The minimum atomic E-state index is 0.0474. The lowest BCUT2D eigenvalue weighted by molar-refractivity contribution is 0.168. The van der Waals surface area contributed by atoms with Gasteiger partial charge in [-0.15, -0.1) is 23.2 Å². The second-order valence-corrected chi connectivity index (χ2v) is 16.9. The van der Waals surface area contributed by atoms with Crippen molar-refractivity contribution in [3.05, 3.63) is 0 Å². The van der Waals surface area contributed by atoms with Crippen LogP contribution in [0.2, 0.25) is 0 Å². The van der Waals surface area contributed by atoms with E-state index in [1.54, 1.807) is 0 Å². The lowest BCUT2D eigenvalue weighted by atomic mass is 9.76. The van der Waals surface area contributed by atoms with Crippen LogP contribution in [-0.2, 0) is 0 Å². The number of nitrogens with one attached hydrogen (secondary N) is 8. The zero-order valence-corrected chi connectivity index (χ0v) is 26.6. The smallest absolute Gasteiger partial charge is 0.0629 e. The van der Waals surface area contributed by atoms with Crippen LogP contribution >= 0.6 is 23.2 Å². The zero-order valence-electron chi connectivity index (χ0n) is 25.0. The fourth-order valence-corrected chi connectivity index (χ4v) is 12.5. The van der Waals surface area contributed by atoms with Gasteiger partial charge in [-0.3, -0.25) is 42.5 Å². The maximum Gasteiger partial charge on any atom is 0.0629 e. The number of hydrogen-bond acceptors (Lipinski definition) is 8. The molecule has 0 aromatic rings. The summed E-state index contributed by atoms with van der Waals surface area (Å²) in [6, 6.07) is 0. The number of rotatable bonds is 0. The molecule has 5 saturated heterocycles. The van der Waals surface area contributed by atoms with Gasteiger partial charge < -0.3 is 0 Å². The highest BCUT2D eigenvalue weighted by Gasteiger charge is 2.55. The normalized spacial score (nSPS) is 59.0. The second-order valence-electron chi connectivity index (χ2n) is 15.8. The van der Waals surface area contributed by atoms with Gasteiger partial charge in [-0.25, -0.2) is 0 Å². The van der Waals surface area contributed by atoms with Crippen molar-refractivity contribution in [3.63, 3.8) is 0 Å². The molecule has 9 rings (SSSR count). The Bertz CT molecular complexity index is 916. The molecule has 0 aromatic carbocycles. The fraction of sp³-hybridized carbons (Fsp3) is 1.00. The maximum atomic E-state index is 6.88. The number of fused-ring (bicyclic) bond motifs is 20. The minimum absolute atomic E-state index is 0.0474. The van der Waals surface area contributed by atoms with Crippen molar-refractivity contribution in [2.75, 3.05) is 0 Å². The van der Waals surface area contributed by atoms with E-state index in [0.29, 0.717) is 84.3 Å². The molecule has 0 spiro atoms. The van der Waals surface area contributed by atoms with Crippen LogP contribution in [0.15, 0.2) is 0 Å². The van der Waals surface area contributed by atoms with Crippen molar-refractivity contribution >= 4 is 23.2 Å². The summed E-state index contributed by atoms with van der Waals surface area (Å²) in [6.07, 6.45) is 20.8. The number of alkyl halides is 2. The molecule has 8 nitrogen and oxygen atoms in total. The molecule has 236 valence electrons. The van der Waals surface area contributed by atoms with Gasteiger partial charge in [0.05, 0.1) is 60.1 Å². The average molecular weight is 622 g/mol. The standard InChI is InChI=1S/C32H54Cl2N8/c33-23-13-21-22(14-24(23)34)32-41-30-20-12-6-4-10-18(20)28(39-30)37-26-16-8-2-1-7-15(16)25(35-26)36-27-17-9-3-5-11-19(17)29(38-27)40-31(21)42-32/h15-32,35-42H,1-14H2. The summed E-state index contributed by atoms with van der Waals surface area (Å²) in [5.41, 5.74) is 0. The molecule has 10 heteroatoms. The van der Waals surface area contributed by atoms with Crippen molar-refractivity contribution in [1.82, 2.24) is 42.5 Å². The lowest BCUT2D eigenvalue weighted by Crippen LogP contribution is -2.61. The predicted octanol–water partition coefficient (Wildman–Crippen LogP) is 3.04. The lowest BCUT2D eigenvalue weighted by Gasteiger charge is -2.38. The molecule has 4 saturated carbocycles. The number of hydrogen-bond donors (Lipinski definition) is 8. The van der Waals surface area contributed by atoms with Crippen LogP contribution in [-0.4, -0.2) is 60.1 Å². The summed E-state index contributed by atoms with van der Waals surface area (Å²) in [4.78, 5) is 0. The van der Waals surface area contributed by atoms with Crippen molar-refractivity contribution < 1.29 is 0 Å². The van der Waals surface area contributed by atoms with E-state index in [1.165, 1.54) is 77.0 Å². The van der Waals surface area contributed by atoms with E-state index in [4.69, 9.17) is 23.2 Å². The van der Waals surface area contributed by atoms with Crippen LogP contribution in [0, 0.1) is 47.3 Å². The van der Waals surface area contributed by atoms with Crippen LogP contribution < -0.4 is 42.5 Å². The first-order valence-corrected chi connectivity index (χ1v) is 18.8. The summed E-state index contributed by atoms with van der Waals surface area (Å²) < 4.78 is 0. The summed E-state index contributed by atoms with van der Waals surface area (Å²) in [7, 11) is 0. The average Bonchev–Trinajstić information content (AvgIpc) is 3.73. The van der Waals surface area contributed by atoms with Gasteiger partial charge in [-0.2, -0.15) is 0 Å². The van der Waals surface area contributed by atoms with E-state index in [-0.39, 0.29) is 23.1 Å². The Kier molecular flexibility index (Phi) is 7.80. The van der Waals surface area contributed by atoms with Gasteiger partial charge in [0.25, 0.3) is 0 Å². The van der Waals surface area contributed by atoms with Gasteiger partial charge in [0, 0.05) is 0 Å². The topological polar surface area (TPSA) is 96.2 Å². The van der Waals surface area contributed by atoms with E-state index >= 15 is 0 Å². The molecule has 0 aromatic heterocycles. The molecule has 42 heavy (non-hydrogen) atoms. The van der Waals surface area contributed by atoms with Gasteiger partial charge in [0.1, 0.15) is 0 Å². The first kappa shape index (κ1) is 28.5. The van der Waals surface area contributed by atoms with E-state index in [1.807, 2.05) is 0 Å². The highest BCUT2D eigenvalue weighted by molar-refractivity contribution is 6.30. The Labute approximate surface area is 262 Å². The SMILES string of the molecule is ClC1CC2C3NC4NC(NC5NC(NC6NC(NC(N3)C2CC1Cl)C1CCCCC61)C1CCCCC51)C1CCCCC41. The van der Waals surface area contributed by atoms with Crippen molar-refractivity contribution in [2.24, 2.45) is 47.3 Å². The highest BCUT2D eigenvalue weighted by Crippen LogP contribution is 2.46. The van der Waals surface area contributed by atoms with Crippen LogP contribution in [0.25, 0.3) is 0 Å². The molecule has 18 unspecified atom stereocenters. The molecule has 8 N–H and O–H groups in total. The third kappa shape index (κ3) is 4.84. The largest absolute Gasteiger partial charge is 0.286 e. The zero-order chi connectivity index (χ0) is 27.9. The summed E-state index contributed by atoms with van der Waals surface area (Å²) in [6.45, 7) is 0. The Morgan fingerprint density at radius 2 is 0.476 bits per heavy atom. The van der Waals surface area contributed by atoms with Crippen molar-refractivity contribution in [2.45, 2.75) is 150 Å². The summed E-state index contributed by atoms with van der Waals surface area (Å²) in [5.74, 6) is 5.13. The second kappa shape index (κ2) is 11.5. The van der Waals surface area contributed by atoms with Crippen LogP contribution in [0.1, 0.15) is 89.9 Å². The molecule has 9 aliphatic rings. The number of halogens is 2. The van der Waals surface area contributed by atoms with E-state index < -0.39 is 0 Å². The summed E-state index contributed by atoms with van der Waals surface area (Å²) >= 11 is 13.8. The van der Waals surface area contributed by atoms with Gasteiger partial charge >= 0.3 is 0 Å². The molecule has 18 atom stereocenters. The molecular weight excluding hydrogens is 567 g/mol. The van der Waals surface area contributed by atoms with Crippen LogP contribution in [0.3, 0.4) is 0 Å². The Hall–Kier alpha value is 0.260. The Morgan fingerprint density at radius 3 is 0.690 bits per heavy atom. The first-order valence-electron chi connectivity index (χ1n) is 18.0. The molecule has 4 aliphatic carbocycles. The molecule has 5 aliphatic heterocycles. The van der Waals surface area contributed by atoms with Crippen molar-refractivity contribution in [1.29, 1.82) is 0 Å². The third-order valence-corrected chi connectivity index (χ3v) is 15.0. The molecule has 9 fully saturated rings. The minimum Gasteiger partial charge on any atom is -0.286 e. The van der Waals surface area contributed by atoms with E-state index in [2.05, 4.69) is 42.5 Å². The molecule has 0 radical (unpaired) electrons. The quantitative estimate of drug-likeness (QED) is 0.196. The first-order chi connectivity index (χ1) is 20.6. The van der Waals surface area contributed by atoms with Gasteiger partial charge in [-0.05, 0) is 98.7 Å². The molecule has 8 bridgehead atoms. The monoisotopic (exact) mass is 620 g/mol. The van der Waals surface area contributed by atoms with E-state index in [9.17, 15) is 0 Å². The Morgan fingerprint density at radius 1 is 0.286 bits per heavy atom. The van der Waals surface area contributed by atoms with Gasteiger partial charge in [-0.1, -0.05) is 38.5 Å². The third-order valence-electron chi connectivity index (χ3n) is 13.9. The Balaban J connectivity index is 1.06. The van der Waals surface area contributed by atoms with Crippen LogP contribution in [0.4, 0.5) is 0 Å². The predicted molar refractivity (Wildman–Crippen MR) is 167 cm³/mol. The molecular formula is C32H54Cl2N8. The van der Waals surface area contributed by atoms with Gasteiger partial charge in [0.15, 0.2) is 0 Å².